The summed E-state index contributed by atoms with van der Waals surface area (Å²) < 4.78 is 27.7. The second-order valence-electron chi connectivity index (χ2n) is 4.10. The summed E-state index contributed by atoms with van der Waals surface area (Å²) in [6.45, 7) is 3.42. The highest BCUT2D eigenvalue weighted by Crippen LogP contribution is 2.29. The number of carbonyl (C=O) groups excluding carboxylic acids is 1. The van der Waals surface area contributed by atoms with Gasteiger partial charge in [-0.15, -0.1) is 10.2 Å². The fraction of sp³-hybridized carbons (Fsp3) is 0.455. The van der Waals surface area contributed by atoms with E-state index >= 15 is 0 Å². The lowest BCUT2D eigenvalue weighted by atomic mass is 10.4. The van der Waals surface area contributed by atoms with Crippen molar-refractivity contribution in [1.82, 2.24) is 20.0 Å². The zero-order valence-corrected chi connectivity index (χ0v) is 14.9. The monoisotopic (exact) mass is 411 g/mol. The summed E-state index contributed by atoms with van der Waals surface area (Å²) in [5.74, 6) is 0.461. The number of nitrogens with zero attached hydrogens (tertiary/aromatic N) is 4. The van der Waals surface area contributed by atoms with E-state index in [0.717, 1.165) is 10.1 Å². The Morgan fingerprint density at radius 1 is 1.50 bits per heavy atom. The molecule has 0 saturated carbocycles. The fourth-order valence-electron chi connectivity index (χ4n) is 1.58. The molecule has 6 nitrogen and oxygen atoms in total. The van der Waals surface area contributed by atoms with Crippen molar-refractivity contribution in [2.75, 3.05) is 11.1 Å². The third-order valence-corrected chi connectivity index (χ3v) is 5.41. The number of hydrogen-bond acceptors (Lipinski definition) is 6. The number of alkyl halides is 2. The highest BCUT2D eigenvalue weighted by Gasteiger charge is 2.21. The molecule has 1 N–H and O–H groups in total. The van der Waals surface area contributed by atoms with Gasteiger partial charge in [0.15, 0.2) is 4.34 Å². The van der Waals surface area contributed by atoms with Crippen LogP contribution in [0, 0.1) is 6.92 Å². The molecule has 120 valence electrons. The van der Waals surface area contributed by atoms with Crippen LogP contribution in [0.3, 0.4) is 0 Å². The minimum atomic E-state index is -2.70. The van der Waals surface area contributed by atoms with Crippen LogP contribution in [0.4, 0.5) is 13.9 Å². The van der Waals surface area contributed by atoms with Gasteiger partial charge in [-0.05, 0) is 28.6 Å². The molecule has 0 radical (unpaired) electrons. The van der Waals surface area contributed by atoms with Gasteiger partial charge in [-0.1, -0.05) is 30.0 Å². The molecular weight excluding hydrogens is 400 g/mol. The van der Waals surface area contributed by atoms with Gasteiger partial charge in [-0.2, -0.15) is 5.10 Å². The largest absolute Gasteiger partial charge is 0.299 e. The van der Waals surface area contributed by atoms with Gasteiger partial charge in [-0.25, -0.2) is 8.78 Å². The summed E-state index contributed by atoms with van der Waals surface area (Å²) >= 11 is 5.85. The van der Waals surface area contributed by atoms with Gasteiger partial charge in [0, 0.05) is 0 Å². The molecule has 0 aliphatic heterocycles. The summed E-state index contributed by atoms with van der Waals surface area (Å²) in [4.78, 5) is 11.9. The second-order valence-corrected chi connectivity index (χ2v) is 7.38. The van der Waals surface area contributed by atoms with Crippen LogP contribution in [-0.4, -0.2) is 31.6 Å². The summed E-state index contributed by atoms with van der Waals surface area (Å²) in [7, 11) is 0. The van der Waals surface area contributed by atoms with Crippen molar-refractivity contribution in [3.63, 3.8) is 0 Å². The molecule has 22 heavy (non-hydrogen) atoms. The normalized spacial score (nSPS) is 11.2. The number of aromatic nitrogens is 4. The van der Waals surface area contributed by atoms with Crippen LogP contribution >= 0.6 is 39.0 Å². The van der Waals surface area contributed by atoms with Crippen molar-refractivity contribution in [2.24, 2.45) is 0 Å². The predicted octanol–water partition coefficient (Wildman–Crippen LogP) is 3.49. The van der Waals surface area contributed by atoms with Crippen LogP contribution in [0.2, 0.25) is 0 Å². The number of nitrogens with one attached hydrogen (secondary N) is 1. The Bertz CT molecular complexity index is 675. The maximum absolute atomic E-state index is 12.8. The number of amides is 1. The quantitative estimate of drug-likeness (QED) is 0.581. The number of rotatable bonds is 6. The molecule has 0 atom stereocenters. The van der Waals surface area contributed by atoms with E-state index in [1.807, 2.05) is 6.92 Å². The summed E-state index contributed by atoms with van der Waals surface area (Å²) in [6.07, 6.45) is -2.70. The molecule has 0 aliphatic rings. The minimum Gasteiger partial charge on any atom is -0.299 e. The highest BCUT2D eigenvalue weighted by atomic mass is 79.9. The smallest absolute Gasteiger partial charge is 0.283 e. The molecule has 1 amide bonds. The zero-order chi connectivity index (χ0) is 16.3. The first-order valence-electron chi connectivity index (χ1n) is 6.19. The first-order chi connectivity index (χ1) is 10.4. The van der Waals surface area contributed by atoms with E-state index in [-0.39, 0.29) is 16.7 Å². The summed E-state index contributed by atoms with van der Waals surface area (Å²) in [5, 5.41) is 14.5. The van der Waals surface area contributed by atoms with Crippen molar-refractivity contribution < 1.29 is 13.6 Å². The third-order valence-electron chi connectivity index (χ3n) is 2.58. The molecule has 0 saturated heterocycles. The van der Waals surface area contributed by atoms with Gasteiger partial charge < -0.3 is 0 Å². The molecule has 2 heterocycles. The van der Waals surface area contributed by atoms with Gasteiger partial charge in [0.05, 0.1) is 10.2 Å². The SMILES string of the molecule is CCSc1nnc(NC(=O)Cn2nc(C(F)F)c(Br)c2C)s1. The third kappa shape index (κ3) is 4.02. The van der Waals surface area contributed by atoms with Crippen LogP contribution in [-0.2, 0) is 11.3 Å². The van der Waals surface area contributed by atoms with Crippen molar-refractivity contribution in [2.45, 2.75) is 31.2 Å². The van der Waals surface area contributed by atoms with Crippen molar-refractivity contribution in [3.8, 4) is 0 Å². The topological polar surface area (TPSA) is 72.7 Å². The van der Waals surface area contributed by atoms with Gasteiger partial charge in [0.1, 0.15) is 12.2 Å². The first kappa shape index (κ1) is 17.3. The van der Waals surface area contributed by atoms with Gasteiger partial charge in [0.25, 0.3) is 6.43 Å². The van der Waals surface area contributed by atoms with Crippen LogP contribution in [0.1, 0.15) is 24.7 Å². The van der Waals surface area contributed by atoms with Crippen LogP contribution < -0.4 is 5.32 Å². The van der Waals surface area contributed by atoms with E-state index in [1.54, 1.807) is 6.92 Å². The maximum atomic E-state index is 12.8. The zero-order valence-electron chi connectivity index (χ0n) is 11.6. The van der Waals surface area contributed by atoms with Gasteiger partial charge in [-0.3, -0.25) is 14.8 Å². The fourth-order valence-corrected chi connectivity index (χ4v) is 3.70. The molecule has 11 heteroatoms. The van der Waals surface area contributed by atoms with Gasteiger partial charge in [0.2, 0.25) is 11.0 Å². The number of hydrogen-bond donors (Lipinski definition) is 1. The van der Waals surface area contributed by atoms with Crippen molar-refractivity contribution >= 4 is 50.1 Å². The maximum Gasteiger partial charge on any atom is 0.283 e. The van der Waals surface area contributed by atoms with E-state index in [2.05, 4.69) is 36.5 Å². The van der Waals surface area contributed by atoms with E-state index in [0.29, 0.717) is 10.8 Å². The molecular formula is C11H12BrF2N5OS2. The van der Waals surface area contributed by atoms with Crippen molar-refractivity contribution in [3.05, 3.63) is 15.9 Å². The Hall–Kier alpha value is -1.07. The molecule has 0 unspecified atom stereocenters. The molecule has 0 aliphatic carbocycles. The van der Waals surface area contributed by atoms with Crippen LogP contribution in [0.25, 0.3) is 0 Å². The number of carbonyl (C=O) groups is 1. The molecule has 2 aromatic rings. The highest BCUT2D eigenvalue weighted by molar-refractivity contribution is 9.10. The van der Waals surface area contributed by atoms with E-state index in [1.165, 1.54) is 27.8 Å². The second kappa shape index (κ2) is 7.47. The van der Waals surface area contributed by atoms with E-state index in [4.69, 9.17) is 0 Å². The Kier molecular flexibility index (Phi) is 5.87. The molecule has 2 rings (SSSR count). The number of halogens is 3. The first-order valence-corrected chi connectivity index (χ1v) is 8.79. The van der Waals surface area contributed by atoms with E-state index in [9.17, 15) is 13.6 Å². The predicted molar refractivity (Wildman–Crippen MR) is 84.6 cm³/mol. The Balaban J connectivity index is 2.04. The van der Waals surface area contributed by atoms with Crippen molar-refractivity contribution in [1.29, 1.82) is 0 Å². The average molecular weight is 412 g/mol. The molecule has 0 bridgehead atoms. The average Bonchev–Trinajstić information content (AvgIpc) is 2.99. The lowest BCUT2D eigenvalue weighted by Gasteiger charge is -2.03. The Morgan fingerprint density at radius 2 is 2.23 bits per heavy atom. The molecule has 2 aromatic heterocycles. The molecule has 0 aromatic carbocycles. The Morgan fingerprint density at radius 3 is 2.82 bits per heavy atom. The molecule has 0 spiro atoms. The molecule has 0 fully saturated rings. The van der Waals surface area contributed by atoms with E-state index < -0.39 is 12.3 Å². The minimum absolute atomic E-state index is 0.174. The lowest BCUT2D eigenvalue weighted by Crippen LogP contribution is -2.20. The van der Waals surface area contributed by atoms with Crippen LogP contribution in [0.5, 0.6) is 0 Å². The van der Waals surface area contributed by atoms with Gasteiger partial charge >= 0.3 is 0 Å². The summed E-state index contributed by atoms with van der Waals surface area (Å²) in [6, 6.07) is 0. The number of thioether (sulfide) groups is 1. The summed E-state index contributed by atoms with van der Waals surface area (Å²) in [5.41, 5.74) is 0.0905. The van der Waals surface area contributed by atoms with Crippen LogP contribution in [0.15, 0.2) is 8.81 Å². The lowest BCUT2D eigenvalue weighted by molar-refractivity contribution is -0.117. The number of anilines is 1. The standard InChI is InChI=1S/C11H12BrF2N5OS2/c1-3-21-11-17-16-10(22-11)15-6(20)4-19-5(2)7(12)8(18-19)9(13)14/h9H,3-4H2,1-2H3,(H,15,16,20). The Labute approximate surface area is 141 Å².